The Balaban J connectivity index is 1.55. The second kappa shape index (κ2) is 10.7. The Morgan fingerprint density at radius 1 is 1.03 bits per heavy atom. The molecule has 8 nitrogen and oxygen atoms in total. The molecule has 2 aromatic carbocycles. The molecule has 1 heterocycles. The summed E-state index contributed by atoms with van der Waals surface area (Å²) in [6.45, 7) is 1.80. The summed E-state index contributed by atoms with van der Waals surface area (Å²) in [6.07, 6.45) is 0.274. The highest BCUT2D eigenvalue weighted by atomic mass is 32.2. The zero-order valence-electron chi connectivity index (χ0n) is 17.4. The first-order valence-corrected chi connectivity index (χ1v) is 11.0. The number of rotatable bonds is 7. The number of hydrogen-bond acceptors (Lipinski definition) is 5. The normalized spacial score (nSPS) is 13.6. The molecule has 164 valence electrons. The van der Waals surface area contributed by atoms with Gasteiger partial charge in [-0.15, -0.1) is 11.8 Å². The molecule has 0 unspecified atom stereocenters. The molecule has 0 aliphatic carbocycles. The van der Waals surface area contributed by atoms with Crippen molar-refractivity contribution >= 4 is 35.3 Å². The number of anilines is 1. The number of nitrogens with one attached hydrogen (secondary N) is 1. The number of carbonyl (C=O) groups excluding carboxylic acids is 3. The molecule has 31 heavy (non-hydrogen) atoms. The van der Waals surface area contributed by atoms with E-state index in [-0.39, 0.29) is 24.3 Å². The Morgan fingerprint density at radius 2 is 1.74 bits per heavy atom. The van der Waals surface area contributed by atoms with E-state index >= 15 is 0 Å². The van der Waals surface area contributed by atoms with Crippen molar-refractivity contribution in [3.05, 3.63) is 54.1 Å². The first-order valence-electron chi connectivity index (χ1n) is 9.97. The van der Waals surface area contributed by atoms with Crippen LogP contribution in [0.25, 0.3) is 0 Å². The van der Waals surface area contributed by atoms with Gasteiger partial charge in [0.25, 0.3) is 5.91 Å². The molecule has 0 saturated carbocycles. The van der Waals surface area contributed by atoms with Gasteiger partial charge in [0, 0.05) is 48.8 Å². The lowest BCUT2D eigenvalue weighted by Crippen LogP contribution is -2.51. The summed E-state index contributed by atoms with van der Waals surface area (Å²) in [7, 11) is 1.56. The van der Waals surface area contributed by atoms with Crippen molar-refractivity contribution in [2.24, 2.45) is 5.73 Å². The van der Waals surface area contributed by atoms with Gasteiger partial charge in [0.2, 0.25) is 5.91 Å². The van der Waals surface area contributed by atoms with E-state index < -0.39 is 0 Å². The summed E-state index contributed by atoms with van der Waals surface area (Å²) in [6, 6.07) is 14.3. The zero-order valence-corrected chi connectivity index (χ0v) is 18.2. The molecule has 1 aliphatic heterocycles. The molecular weight excluding hydrogens is 416 g/mol. The van der Waals surface area contributed by atoms with Crippen LogP contribution in [0, 0.1) is 0 Å². The number of nitrogens with two attached hydrogens (primary N) is 1. The zero-order chi connectivity index (χ0) is 22.2. The molecule has 0 aromatic heterocycles. The molecule has 4 amide bonds. The maximum Gasteiger partial charge on any atom is 0.321 e. The third kappa shape index (κ3) is 6.14. The van der Waals surface area contributed by atoms with Gasteiger partial charge in [-0.25, -0.2) is 4.79 Å². The number of primary amides is 1. The van der Waals surface area contributed by atoms with E-state index in [2.05, 4.69) is 5.32 Å². The van der Waals surface area contributed by atoms with Gasteiger partial charge in [-0.1, -0.05) is 18.2 Å². The number of benzene rings is 2. The van der Waals surface area contributed by atoms with Gasteiger partial charge in [-0.05, 0) is 30.3 Å². The Bertz CT molecular complexity index is 945. The fourth-order valence-corrected chi connectivity index (χ4v) is 4.18. The maximum absolute atomic E-state index is 12.7. The summed E-state index contributed by atoms with van der Waals surface area (Å²) in [5, 5.41) is 2.94. The van der Waals surface area contributed by atoms with Gasteiger partial charge >= 0.3 is 6.03 Å². The summed E-state index contributed by atoms with van der Waals surface area (Å²) in [5.74, 6) is 0.759. The smallest absolute Gasteiger partial charge is 0.321 e. The van der Waals surface area contributed by atoms with Gasteiger partial charge in [0.15, 0.2) is 0 Å². The van der Waals surface area contributed by atoms with Crippen LogP contribution in [0.15, 0.2) is 53.4 Å². The molecule has 3 rings (SSSR count). The van der Waals surface area contributed by atoms with E-state index in [9.17, 15) is 14.4 Å². The van der Waals surface area contributed by atoms with Crippen molar-refractivity contribution in [1.82, 2.24) is 9.80 Å². The number of thioether (sulfide) groups is 1. The Labute approximate surface area is 185 Å². The van der Waals surface area contributed by atoms with E-state index in [4.69, 9.17) is 10.5 Å². The van der Waals surface area contributed by atoms with Gasteiger partial charge in [0.05, 0.1) is 12.8 Å². The Kier molecular flexibility index (Phi) is 7.77. The third-order valence-electron chi connectivity index (χ3n) is 4.91. The van der Waals surface area contributed by atoms with Crippen LogP contribution in [-0.2, 0) is 4.79 Å². The fraction of sp³-hybridized carbons (Fsp3) is 0.318. The maximum atomic E-state index is 12.7. The van der Waals surface area contributed by atoms with Crippen LogP contribution in [-0.4, -0.2) is 66.7 Å². The number of nitrogens with zero attached hydrogens (tertiary/aromatic N) is 2. The Hall–Kier alpha value is -3.20. The Morgan fingerprint density at radius 3 is 2.45 bits per heavy atom. The monoisotopic (exact) mass is 442 g/mol. The van der Waals surface area contributed by atoms with Crippen molar-refractivity contribution in [3.8, 4) is 5.75 Å². The van der Waals surface area contributed by atoms with Crippen LogP contribution < -0.4 is 15.8 Å². The number of para-hydroxylation sites is 1. The fourth-order valence-electron chi connectivity index (χ4n) is 3.20. The number of amides is 4. The molecule has 2 aromatic rings. The molecule has 3 N–H and O–H groups in total. The van der Waals surface area contributed by atoms with Crippen molar-refractivity contribution in [2.75, 3.05) is 44.4 Å². The van der Waals surface area contributed by atoms with E-state index in [0.29, 0.717) is 48.9 Å². The molecule has 1 saturated heterocycles. The minimum absolute atomic E-state index is 0.0739. The molecule has 1 aliphatic rings. The van der Waals surface area contributed by atoms with Gasteiger partial charge in [-0.3, -0.25) is 9.59 Å². The summed E-state index contributed by atoms with van der Waals surface area (Å²) < 4.78 is 5.19. The number of urea groups is 1. The van der Waals surface area contributed by atoms with Gasteiger partial charge in [0.1, 0.15) is 5.75 Å². The lowest BCUT2D eigenvalue weighted by molar-refractivity contribution is -0.117. The molecule has 0 bridgehead atoms. The average Bonchev–Trinajstić information content (AvgIpc) is 2.79. The lowest BCUT2D eigenvalue weighted by Gasteiger charge is -2.35. The second-order valence-corrected chi connectivity index (χ2v) is 8.14. The summed E-state index contributed by atoms with van der Waals surface area (Å²) in [5.41, 5.74) is 6.45. The molecular formula is C22H26N4O4S. The number of piperazine rings is 1. The standard InChI is InChI=1S/C22H26N4O4S/c1-30-17-6-4-5-16(15-17)21(28)25-10-12-26(13-11-25)22(29)24-18-7-2-3-8-19(18)31-14-9-20(23)27/h2-8,15H,9-14H2,1H3,(H2,23,27)(H,24,29). The first kappa shape index (κ1) is 22.5. The van der Waals surface area contributed by atoms with E-state index in [1.807, 2.05) is 24.3 Å². The van der Waals surface area contributed by atoms with Crippen molar-refractivity contribution < 1.29 is 19.1 Å². The third-order valence-corrected chi connectivity index (χ3v) is 5.98. The van der Waals surface area contributed by atoms with Crippen molar-refractivity contribution in [2.45, 2.75) is 11.3 Å². The van der Waals surface area contributed by atoms with E-state index in [1.165, 1.54) is 11.8 Å². The van der Waals surface area contributed by atoms with Crippen LogP contribution in [0.2, 0.25) is 0 Å². The van der Waals surface area contributed by atoms with Crippen LogP contribution >= 0.6 is 11.8 Å². The number of methoxy groups -OCH3 is 1. The second-order valence-electron chi connectivity index (χ2n) is 7.00. The van der Waals surface area contributed by atoms with Crippen LogP contribution in [0.5, 0.6) is 5.75 Å². The molecule has 0 spiro atoms. The van der Waals surface area contributed by atoms with Crippen molar-refractivity contribution in [3.63, 3.8) is 0 Å². The molecule has 1 fully saturated rings. The van der Waals surface area contributed by atoms with Gasteiger partial charge in [-0.2, -0.15) is 0 Å². The van der Waals surface area contributed by atoms with Gasteiger partial charge < -0.3 is 25.6 Å². The predicted molar refractivity (Wildman–Crippen MR) is 120 cm³/mol. The molecule has 0 radical (unpaired) electrons. The SMILES string of the molecule is COc1cccc(C(=O)N2CCN(C(=O)Nc3ccccc3SCCC(N)=O)CC2)c1. The largest absolute Gasteiger partial charge is 0.497 e. The minimum Gasteiger partial charge on any atom is -0.497 e. The topological polar surface area (TPSA) is 105 Å². The van der Waals surface area contributed by atoms with E-state index in [0.717, 1.165) is 4.90 Å². The molecule has 0 atom stereocenters. The van der Waals surface area contributed by atoms with Crippen LogP contribution in [0.1, 0.15) is 16.8 Å². The number of ether oxygens (including phenoxy) is 1. The van der Waals surface area contributed by atoms with Crippen molar-refractivity contribution in [1.29, 1.82) is 0 Å². The highest BCUT2D eigenvalue weighted by Gasteiger charge is 2.25. The predicted octanol–water partition coefficient (Wildman–Crippen LogP) is 2.65. The minimum atomic E-state index is -0.351. The summed E-state index contributed by atoms with van der Waals surface area (Å²) in [4.78, 5) is 40.8. The molecule has 9 heteroatoms. The van der Waals surface area contributed by atoms with E-state index in [1.54, 1.807) is 41.2 Å². The quantitative estimate of drug-likeness (QED) is 0.642. The number of carbonyl (C=O) groups is 3. The highest BCUT2D eigenvalue weighted by Crippen LogP contribution is 2.27. The first-order chi connectivity index (χ1) is 15.0. The summed E-state index contributed by atoms with van der Waals surface area (Å²) >= 11 is 1.47. The van der Waals surface area contributed by atoms with Crippen LogP contribution in [0.3, 0.4) is 0 Å². The average molecular weight is 443 g/mol. The lowest BCUT2D eigenvalue weighted by atomic mass is 10.1. The number of hydrogen-bond donors (Lipinski definition) is 2. The highest BCUT2D eigenvalue weighted by molar-refractivity contribution is 7.99. The van der Waals surface area contributed by atoms with Crippen LogP contribution in [0.4, 0.5) is 10.5 Å².